The SMILES string of the molecule is Cc1ccc(NC(=O)c2sc3ccccc3c2Cl)cc1-c1ccc(Cl)cc1. The van der Waals surface area contributed by atoms with Gasteiger partial charge in [-0.3, -0.25) is 4.79 Å². The first-order valence-electron chi connectivity index (χ1n) is 8.38. The lowest BCUT2D eigenvalue weighted by molar-refractivity contribution is 0.103. The maximum Gasteiger partial charge on any atom is 0.267 e. The highest BCUT2D eigenvalue weighted by atomic mass is 35.5. The van der Waals surface area contributed by atoms with Gasteiger partial charge in [-0.1, -0.05) is 59.6 Å². The normalized spacial score (nSPS) is 10.9. The molecule has 0 aliphatic rings. The van der Waals surface area contributed by atoms with E-state index in [0.717, 1.165) is 32.5 Å². The number of thiophene rings is 1. The van der Waals surface area contributed by atoms with Gasteiger partial charge in [0.15, 0.2) is 0 Å². The third kappa shape index (κ3) is 3.59. The molecule has 0 aliphatic carbocycles. The van der Waals surface area contributed by atoms with E-state index in [4.69, 9.17) is 23.2 Å². The summed E-state index contributed by atoms with van der Waals surface area (Å²) in [5.41, 5.74) is 3.94. The van der Waals surface area contributed by atoms with Crippen LogP contribution < -0.4 is 5.32 Å². The van der Waals surface area contributed by atoms with Crippen molar-refractivity contribution in [3.8, 4) is 11.1 Å². The molecule has 2 nitrogen and oxygen atoms in total. The highest BCUT2D eigenvalue weighted by Crippen LogP contribution is 2.36. The summed E-state index contributed by atoms with van der Waals surface area (Å²) in [6.45, 7) is 2.04. The summed E-state index contributed by atoms with van der Waals surface area (Å²) in [5, 5.41) is 5.07. The Morgan fingerprint density at radius 3 is 2.44 bits per heavy atom. The molecule has 0 atom stereocenters. The Labute approximate surface area is 171 Å². The minimum Gasteiger partial charge on any atom is -0.321 e. The highest BCUT2D eigenvalue weighted by Gasteiger charge is 2.17. The minimum absolute atomic E-state index is 0.202. The van der Waals surface area contributed by atoms with E-state index in [1.54, 1.807) is 0 Å². The van der Waals surface area contributed by atoms with Crippen LogP contribution in [0.15, 0.2) is 66.7 Å². The second kappa shape index (κ2) is 7.35. The number of rotatable bonds is 3. The summed E-state index contributed by atoms with van der Waals surface area (Å²) in [6, 6.07) is 21.3. The van der Waals surface area contributed by atoms with Crippen molar-refractivity contribution in [2.24, 2.45) is 0 Å². The number of anilines is 1. The largest absolute Gasteiger partial charge is 0.321 e. The molecule has 0 radical (unpaired) electrons. The standard InChI is InChI=1S/C22H15Cl2NOS/c1-13-6-11-16(12-18(13)14-7-9-15(23)10-8-14)25-22(26)21-20(24)17-4-2-3-5-19(17)27-21/h2-12H,1H3,(H,25,26). The zero-order chi connectivity index (χ0) is 19.0. The Balaban J connectivity index is 1.66. The molecule has 1 aromatic heterocycles. The number of hydrogen-bond donors (Lipinski definition) is 1. The number of benzene rings is 3. The number of nitrogens with one attached hydrogen (secondary N) is 1. The molecule has 0 bridgehead atoms. The van der Waals surface area contributed by atoms with Gasteiger partial charge in [-0.15, -0.1) is 11.3 Å². The Bertz CT molecular complexity index is 1150. The van der Waals surface area contributed by atoms with E-state index in [9.17, 15) is 4.79 Å². The summed E-state index contributed by atoms with van der Waals surface area (Å²) in [6.07, 6.45) is 0. The summed E-state index contributed by atoms with van der Waals surface area (Å²) >= 11 is 13.8. The van der Waals surface area contributed by atoms with Gasteiger partial charge < -0.3 is 5.32 Å². The fraction of sp³-hybridized carbons (Fsp3) is 0.0455. The van der Waals surface area contributed by atoms with Crippen molar-refractivity contribution in [1.29, 1.82) is 0 Å². The van der Waals surface area contributed by atoms with Gasteiger partial charge in [-0.25, -0.2) is 0 Å². The maximum absolute atomic E-state index is 12.8. The molecule has 0 unspecified atom stereocenters. The topological polar surface area (TPSA) is 29.1 Å². The predicted octanol–water partition coefficient (Wildman–Crippen LogP) is 7.44. The van der Waals surface area contributed by atoms with Crippen molar-refractivity contribution in [2.45, 2.75) is 6.92 Å². The number of amides is 1. The average molecular weight is 412 g/mol. The monoisotopic (exact) mass is 411 g/mol. The zero-order valence-corrected chi connectivity index (χ0v) is 16.8. The quantitative estimate of drug-likeness (QED) is 0.372. The number of fused-ring (bicyclic) bond motifs is 1. The van der Waals surface area contributed by atoms with Crippen LogP contribution in [-0.4, -0.2) is 5.91 Å². The summed E-state index contributed by atoms with van der Waals surface area (Å²) in [7, 11) is 0. The Morgan fingerprint density at radius 2 is 1.70 bits per heavy atom. The predicted molar refractivity (Wildman–Crippen MR) is 116 cm³/mol. The third-order valence-corrected chi connectivity index (χ3v) is 6.32. The fourth-order valence-corrected chi connectivity index (χ4v) is 4.53. The Morgan fingerprint density at radius 1 is 0.963 bits per heavy atom. The highest BCUT2D eigenvalue weighted by molar-refractivity contribution is 7.21. The molecule has 4 rings (SSSR count). The van der Waals surface area contributed by atoms with Crippen LogP contribution in [0.3, 0.4) is 0 Å². The van der Waals surface area contributed by atoms with Crippen molar-refractivity contribution in [2.75, 3.05) is 5.32 Å². The van der Waals surface area contributed by atoms with Crippen LogP contribution in [0.25, 0.3) is 21.2 Å². The molecule has 1 N–H and O–H groups in total. The number of carbonyl (C=O) groups is 1. The number of halogens is 2. The molecule has 134 valence electrons. The van der Waals surface area contributed by atoms with Crippen LogP contribution in [0.5, 0.6) is 0 Å². The molecule has 3 aromatic carbocycles. The van der Waals surface area contributed by atoms with Crippen LogP contribution >= 0.6 is 34.5 Å². The summed E-state index contributed by atoms with van der Waals surface area (Å²) in [5.74, 6) is -0.202. The van der Waals surface area contributed by atoms with Crippen molar-refractivity contribution < 1.29 is 4.79 Å². The lowest BCUT2D eigenvalue weighted by Gasteiger charge is -2.10. The zero-order valence-electron chi connectivity index (χ0n) is 14.4. The van der Waals surface area contributed by atoms with Crippen molar-refractivity contribution >= 4 is 56.2 Å². The lowest BCUT2D eigenvalue weighted by Crippen LogP contribution is -2.10. The molecule has 0 spiro atoms. The van der Waals surface area contributed by atoms with Crippen LogP contribution in [0.2, 0.25) is 10.0 Å². The first-order valence-corrected chi connectivity index (χ1v) is 9.95. The molecule has 0 saturated heterocycles. The van der Waals surface area contributed by atoms with Crippen LogP contribution in [0.4, 0.5) is 5.69 Å². The van der Waals surface area contributed by atoms with Crippen molar-refractivity contribution in [3.05, 3.63) is 87.2 Å². The summed E-state index contributed by atoms with van der Waals surface area (Å²) in [4.78, 5) is 13.3. The average Bonchev–Trinajstić information content (AvgIpc) is 3.01. The van der Waals surface area contributed by atoms with E-state index in [2.05, 4.69) is 5.32 Å². The molecular formula is C22H15Cl2NOS. The van der Waals surface area contributed by atoms with E-state index >= 15 is 0 Å². The molecule has 5 heteroatoms. The van der Waals surface area contributed by atoms with Gasteiger partial charge in [0, 0.05) is 20.8 Å². The van der Waals surface area contributed by atoms with Gasteiger partial charge in [0.2, 0.25) is 0 Å². The van der Waals surface area contributed by atoms with Crippen LogP contribution in [0.1, 0.15) is 15.2 Å². The van der Waals surface area contributed by atoms with Crippen molar-refractivity contribution in [1.82, 2.24) is 0 Å². The molecule has 1 amide bonds. The van der Waals surface area contributed by atoms with Gasteiger partial charge in [0.25, 0.3) is 5.91 Å². The molecule has 0 saturated carbocycles. The molecule has 1 heterocycles. The van der Waals surface area contributed by atoms with Crippen LogP contribution in [-0.2, 0) is 0 Å². The molecular weight excluding hydrogens is 397 g/mol. The van der Waals surface area contributed by atoms with E-state index in [-0.39, 0.29) is 5.91 Å². The third-order valence-electron chi connectivity index (χ3n) is 4.39. The van der Waals surface area contributed by atoms with Crippen LogP contribution in [0, 0.1) is 6.92 Å². The Kier molecular flexibility index (Phi) is 4.92. The van der Waals surface area contributed by atoms with Gasteiger partial charge in [-0.05, 0) is 53.9 Å². The van der Waals surface area contributed by atoms with E-state index in [1.807, 2.05) is 73.7 Å². The Hall–Kier alpha value is -2.33. The van der Waals surface area contributed by atoms with Gasteiger partial charge in [-0.2, -0.15) is 0 Å². The first kappa shape index (κ1) is 18.1. The molecule has 0 aliphatic heterocycles. The summed E-state index contributed by atoms with van der Waals surface area (Å²) < 4.78 is 0.999. The van der Waals surface area contributed by atoms with E-state index in [0.29, 0.717) is 14.9 Å². The smallest absolute Gasteiger partial charge is 0.267 e. The fourth-order valence-electron chi connectivity index (χ4n) is 2.99. The second-order valence-electron chi connectivity index (χ2n) is 6.23. The van der Waals surface area contributed by atoms with Gasteiger partial charge in [0.05, 0.1) is 5.02 Å². The minimum atomic E-state index is -0.202. The number of hydrogen-bond acceptors (Lipinski definition) is 2. The first-order chi connectivity index (χ1) is 13.0. The molecule has 27 heavy (non-hydrogen) atoms. The van der Waals surface area contributed by atoms with E-state index in [1.165, 1.54) is 11.3 Å². The number of carbonyl (C=O) groups excluding carboxylic acids is 1. The molecule has 0 fully saturated rings. The lowest BCUT2D eigenvalue weighted by atomic mass is 10.00. The van der Waals surface area contributed by atoms with E-state index < -0.39 is 0 Å². The second-order valence-corrected chi connectivity index (χ2v) is 8.10. The van der Waals surface area contributed by atoms with Gasteiger partial charge in [0.1, 0.15) is 4.88 Å². The maximum atomic E-state index is 12.8. The number of aryl methyl sites for hydroxylation is 1. The van der Waals surface area contributed by atoms with Gasteiger partial charge >= 0.3 is 0 Å². The molecule has 4 aromatic rings. The van der Waals surface area contributed by atoms with Crippen molar-refractivity contribution in [3.63, 3.8) is 0 Å².